The first kappa shape index (κ1) is 12.5. The first-order valence-corrected chi connectivity index (χ1v) is 5.98. The second-order valence-electron chi connectivity index (χ2n) is 3.30. The number of hydrogen-bond acceptors (Lipinski definition) is 2. The van der Waals surface area contributed by atoms with Gasteiger partial charge in [-0.15, -0.1) is 0 Å². The highest BCUT2D eigenvalue weighted by atomic mass is 35.5. The number of halogens is 3. The topological polar surface area (TPSA) is 22.1 Å². The normalized spacial score (nSPS) is 10.3. The molecule has 0 fully saturated rings. The summed E-state index contributed by atoms with van der Waals surface area (Å²) < 4.78 is 5.54. The highest BCUT2D eigenvalue weighted by Gasteiger charge is 2.05. The van der Waals surface area contributed by atoms with Gasteiger partial charge in [-0.25, -0.2) is 4.98 Å². The van der Waals surface area contributed by atoms with Crippen LogP contribution in [-0.4, -0.2) is 4.98 Å². The van der Waals surface area contributed by atoms with Crippen molar-refractivity contribution in [2.45, 2.75) is 6.61 Å². The lowest BCUT2D eigenvalue weighted by Gasteiger charge is -2.08. The first-order valence-electron chi connectivity index (χ1n) is 4.85. The van der Waals surface area contributed by atoms with Gasteiger partial charge < -0.3 is 4.74 Å². The number of hydrogen-bond donors (Lipinski definition) is 0. The summed E-state index contributed by atoms with van der Waals surface area (Å²) in [5.41, 5.74) is 0.760. The number of aromatic nitrogens is 1. The van der Waals surface area contributed by atoms with Gasteiger partial charge in [-0.3, -0.25) is 0 Å². The second kappa shape index (κ2) is 5.58. The zero-order valence-corrected chi connectivity index (χ0v) is 10.9. The Hall–Kier alpha value is -0.960. The predicted molar refractivity (Wildman–Crippen MR) is 70.0 cm³/mol. The molecule has 0 aliphatic carbocycles. The summed E-state index contributed by atoms with van der Waals surface area (Å²) in [6.45, 7) is 0.298. The number of nitrogens with zero attached hydrogens (tertiary/aromatic N) is 1. The molecule has 0 amide bonds. The van der Waals surface area contributed by atoms with Gasteiger partial charge in [-0.2, -0.15) is 0 Å². The van der Waals surface area contributed by atoms with Crippen LogP contribution in [0.3, 0.4) is 0 Å². The van der Waals surface area contributed by atoms with Crippen molar-refractivity contribution in [2.24, 2.45) is 0 Å². The van der Waals surface area contributed by atoms with Crippen molar-refractivity contribution in [3.63, 3.8) is 0 Å². The summed E-state index contributed by atoms with van der Waals surface area (Å²) in [5, 5.41) is 1.26. The molecule has 88 valence electrons. The molecule has 0 saturated carbocycles. The maximum atomic E-state index is 5.96. The average molecular weight is 289 g/mol. The van der Waals surface area contributed by atoms with Gasteiger partial charge in [0.15, 0.2) is 0 Å². The fraction of sp³-hybridized carbons (Fsp3) is 0.0833. The van der Waals surface area contributed by atoms with Crippen molar-refractivity contribution in [1.82, 2.24) is 4.98 Å². The Labute approximate surface area is 114 Å². The van der Waals surface area contributed by atoms with E-state index in [0.29, 0.717) is 27.7 Å². The first-order chi connectivity index (χ1) is 8.16. The number of ether oxygens (including phenoxy) is 1. The third kappa shape index (κ3) is 3.25. The molecule has 0 unspecified atom stereocenters. The van der Waals surface area contributed by atoms with Crippen molar-refractivity contribution in [3.05, 3.63) is 57.3 Å². The van der Waals surface area contributed by atoms with E-state index in [4.69, 9.17) is 39.5 Å². The molecule has 0 bridgehead atoms. The molecule has 0 N–H and O–H groups in total. The van der Waals surface area contributed by atoms with Gasteiger partial charge in [0, 0.05) is 5.56 Å². The van der Waals surface area contributed by atoms with E-state index in [-0.39, 0.29) is 0 Å². The molecule has 0 aliphatic heterocycles. The van der Waals surface area contributed by atoms with E-state index in [9.17, 15) is 0 Å². The van der Waals surface area contributed by atoms with Crippen LogP contribution in [0.15, 0.2) is 36.4 Å². The molecule has 0 atom stereocenters. The van der Waals surface area contributed by atoms with Gasteiger partial charge in [-0.05, 0) is 24.3 Å². The molecule has 2 rings (SSSR count). The second-order valence-corrected chi connectivity index (χ2v) is 4.46. The quantitative estimate of drug-likeness (QED) is 0.769. The van der Waals surface area contributed by atoms with E-state index in [1.54, 1.807) is 24.3 Å². The molecule has 0 aliphatic rings. The Balaban J connectivity index is 2.10. The predicted octanol–water partition coefficient (Wildman–Crippen LogP) is 4.62. The van der Waals surface area contributed by atoms with Gasteiger partial charge >= 0.3 is 0 Å². The molecule has 5 heteroatoms. The van der Waals surface area contributed by atoms with Crippen molar-refractivity contribution >= 4 is 34.8 Å². The summed E-state index contributed by atoms with van der Waals surface area (Å²) in [4.78, 5) is 3.93. The van der Waals surface area contributed by atoms with Crippen LogP contribution in [0, 0.1) is 0 Å². The van der Waals surface area contributed by atoms with Crippen molar-refractivity contribution < 1.29 is 4.74 Å². The molecule has 1 aromatic heterocycles. The largest absolute Gasteiger partial charge is 0.487 e. The minimum absolute atomic E-state index is 0.298. The minimum atomic E-state index is 0.298. The molecule has 17 heavy (non-hydrogen) atoms. The van der Waals surface area contributed by atoms with Crippen LogP contribution < -0.4 is 4.74 Å². The average Bonchev–Trinajstić information content (AvgIpc) is 2.30. The standard InChI is InChI=1S/C12H8Cl3NO/c13-9-3-1-2-4-10(9)17-7-8-5-6-11(14)16-12(8)15/h1-6H,7H2. The molecule has 0 spiro atoms. The number of para-hydroxylation sites is 1. The summed E-state index contributed by atoms with van der Waals surface area (Å²) in [6.07, 6.45) is 0. The van der Waals surface area contributed by atoms with E-state index in [0.717, 1.165) is 5.56 Å². The minimum Gasteiger partial charge on any atom is -0.487 e. The molecule has 2 aromatic rings. The fourth-order valence-electron chi connectivity index (χ4n) is 1.27. The summed E-state index contributed by atoms with van der Waals surface area (Å²) >= 11 is 17.6. The van der Waals surface area contributed by atoms with E-state index < -0.39 is 0 Å². The Morgan fingerprint density at radius 2 is 1.76 bits per heavy atom. The molecule has 0 saturated heterocycles. The van der Waals surface area contributed by atoms with Crippen LogP contribution in [-0.2, 0) is 6.61 Å². The van der Waals surface area contributed by atoms with Crippen LogP contribution in [0.4, 0.5) is 0 Å². The smallest absolute Gasteiger partial charge is 0.138 e. The molecule has 1 heterocycles. The zero-order chi connectivity index (χ0) is 12.3. The summed E-state index contributed by atoms with van der Waals surface area (Å²) in [7, 11) is 0. The third-order valence-corrected chi connectivity index (χ3v) is 2.96. The Kier molecular flexibility index (Phi) is 4.11. The van der Waals surface area contributed by atoms with Gasteiger partial charge in [0.25, 0.3) is 0 Å². The van der Waals surface area contributed by atoms with Crippen LogP contribution in [0.25, 0.3) is 0 Å². The maximum absolute atomic E-state index is 5.96. The number of pyridine rings is 1. The SMILES string of the molecule is Clc1ccc(COc2ccccc2Cl)c(Cl)n1. The summed E-state index contributed by atoms with van der Waals surface area (Å²) in [5.74, 6) is 0.611. The lowest BCUT2D eigenvalue weighted by Crippen LogP contribution is -1.98. The van der Waals surface area contributed by atoms with Crippen LogP contribution >= 0.6 is 34.8 Å². The van der Waals surface area contributed by atoms with E-state index in [2.05, 4.69) is 4.98 Å². The lowest BCUT2D eigenvalue weighted by atomic mass is 10.3. The van der Waals surface area contributed by atoms with E-state index in [1.165, 1.54) is 0 Å². The molecule has 0 radical (unpaired) electrons. The van der Waals surface area contributed by atoms with Crippen LogP contribution in [0.2, 0.25) is 15.3 Å². The van der Waals surface area contributed by atoms with E-state index >= 15 is 0 Å². The van der Waals surface area contributed by atoms with Gasteiger partial charge in [0.1, 0.15) is 22.7 Å². The summed E-state index contributed by atoms with van der Waals surface area (Å²) in [6, 6.07) is 10.7. The zero-order valence-electron chi connectivity index (χ0n) is 8.66. The molecular weight excluding hydrogens is 280 g/mol. The van der Waals surface area contributed by atoms with Gasteiger partial charge in [0.2, 0.25) is 0 Å². The van der Waals surface area contributed by atoms with Crippen LogP contribution in [0.5, 0.6) is 5.75 Å². The Morgan fingerprint density at radius 3 is 2.47 bits per heavy atom. The van der Waals surface area contributed by atoms with Crippen molar-refractivity contribution in [1.29, 1.82) is 0 Å². The highest BCUT2D eigenvalue weighted by Crippen LogP contribution is 2.25. The lowest BCUT2D eigenvalue weighted by molar-refractivity contribution is 0.306. The Morgan fingerprint density at radius 1 is 1.00 bits per heavy atom. The number of rotatable bonds is 3. The van der Waals surface area contributed by atoms with Gasteiger partial charge in [0.05, 0.1) is 5.02 Å². The maximum Gasteiger partial charge on any atom is 0.138 e. The van der Waals surface area contributed by atoms with Crippen LogP contribution in [0.1, 0.15) is 5.56 Å². The molecular formula is C12H8Cl3NO. The molecule has 1 aromatic carbocycles. The van der Waals surface area contributed by atoms with Crippen molar-refractivity contribution in [3.8, 4) is 5.75 Å². The fourth-order valence-corrected chi connectivity index (χ4v) is 1.86. The monoisotopic (exact) mass is 287 g/mol. The molecule has 2 nitrogen and oxygen atoms in total. The van der Waals surface area contributed by atoms with Gasteiger partial charge in [-0.1, -0.05) is 46.9 Å². The highest BCUT2D eigenvalue weighted by molar-refractivity contribution is 6.33. The van der Waals surface area contributed by atoms with E-state index in [1.807, 2.05) is 12.1 Å². The Bertz CT molecular complexity index is 531. The van der Waals surface area contributed by atoms with Crippen molar-refractivity contribution in [2.75, 3.05) is 0 Å². The third-order valence-electron chi connectivity index (χ3n) is 2.11. The number of benzene rings is 1.